The van der Waals surface area contributed by atoms with Crippen molar-refractivity contribution in [3.63, 3.8) is 0 Å². The average molecular weight is 551 g/mol. The number of ether oxygens (including phenoxy) is 3. The molecule has 3 aromatic rings. The van der Waals surface area contributed by atoms with Crippen molar-refractivity contribution in [2.75, 3.05) is 40.5 Å². The van der Waals surface area contributed by atoms with E-state index in [0.717, 1.165) is 18.2 Å². The van der Waals surface area contributed by atoms with E-state index in [4.69, 9.17) is 25.8 Å². The summed E-state index contributed by atoms with van der Waals surface area (Å²) in [6, 6.07) is 8.27. The van der Waals surface area contributed by atoms with Crippen molar-refractivity contribution in [2.24, 2.45) is 5.41 Å². The molecule has 0 aliphatic carbocycles. The van der Waals surface area contributed by atoms with Gasteiger partial charge in [-0.05, 0) is 69.1 Å². The van der Waals surface area contributed by atoms with E-state index in [-0.39, 0.29) is 36.2 Å². The topological polar surface area (TPSA) is 60.9 Å². The Balaban J connectivity index is 1.40. The molecule has 10 heteroatoms. The number of benzene rings is 2. The number of carbonyl (C=O) groups excluding carboxylic acids is 1. The molecule has 0 unspecified atom stereocenters. The zero-order valence-corrected chi connectivity index (χ0v) is 22.1. The lowest BCUT2D eigenvalue weighted by Gasteiger charge is -2.40. The van der Waals surface area contributed by atoms with E-state index in [1.54, 1.807) is 18.2 Å². The zero-order chi connectivity index (χ0) is 27.3. The third kappa shape index (κ3) is 6.15. The number of nitrogens with zero attached hydrogens (tertiary/aromatic N) is 2. The Morgan fingerprint density at radius 1 is 1.16 bits per heavy atom. The van der Waals surface area contributed by atoms with Crippen molar-refractivity contribution in [1.29, 1.82) is 0 Å². The van der Waals surface area contributed by atoms with E-state index in [1.165, 1.54) is 20.4 Å². The summed E-state index contributed by atoms with van der Waals surface area (Å²) in [5.41, 5.74) is 0.0944. The maximum absolute atomic E-state index is 15.7. The van der Waals surface area contributed by atoms with Gasteiger partial charge in [0.1, 0.15) is 24.3 Å². The molecule has 0 radical (unpaired) electrons. The normalized spacial score (nSPS) is 16.3. The highest BCUT2D eigenvalue weighted by Gasteiger charge is 2.42. The Hall–Kier alpha value is -3.04. The van der Waals surface area contributed by atoms with Gasteiger partial charge in [-0.2, -0.15) is 0 Å². The lowest BCUT2D eigenvalue weighted by atomic mass is 9.74. The Morgan fingerprint density at radius 2 is 1.92 bits per heavy atom. The van der Waals surface area contributed by atoms with Gasteiger partial charge in [0.25, 0.3) is 0 Å². The molecule has 6 nitrogen and oxygen atoms in total. The number of piperidine rings is 1. The fraction of sp³-hybridized carbons (Fsp3) is 0.429. The summed E-state index contributed by atoms with van der Waals surface area (Å²) in [5, 5.41) is 0.788. The number of alkyl halides is 1. The molecule has 38 heavy (non-hydrogen) atoms. The SMILES string of the molecule is COC(=O)C1(CC[C@@H](F)c2c(Cl)cnc3ccc(OC)cc23)CCN(CCOc2cc(F)ccc2F)CC1. The predicted octanol–water partition coefficient (Wildman–Crippen LogP) is 6.30. The van der Waals surface area contributed by atoms with Crippen LogP contribution in [0.15, 0.2) is 42.6 Å². The van der Waals surface area contributed by atoms with Gasteiger partial charge in [-0.25, -0.2) is 13.2 Å². The minimum Gasteiger partial charge on any atom is -0.497 e. The summed E-state index contributed by atoms with van der Waals surface area (Å²) in [5.74, 6) is -1.14. The quantitative estimate of drug-likeness (QED) is 0.276. The average Bonchev–Trinajstić information content (AvgIpc) is 2.93. The van der Waals surface area contributed by atoms with Gasteiger partial charge in [0, 0.05) is 29.8 Å². The fourth-order valence-corrected chi connectivity index (χ4v) is 5.28. The Bertz CT molecular complexity index is 1280. The molecule has 0 N–H and O–H groups in total. The number of hydrogen-bond donors (Lipinski definition) is 0. The number of pyridine rings is 1. The number of halogens is 4. The van der Waals surface area contributed by atoms with Crippen LogP contribution in [0.2, 0.25) is 5.02 Å². The van der Waals surface area contributed by atoms with Crippen molar-refractivity contribution in [3.05, 3.63) is 64.8 Å². The summed E-state index contributed by atoms with van der Waals surface area (Å²) >= 11 is 6.37. The lowest BCUT2D eigenvalue weighted by Crippen LogP contribution is -2.46. The second-order valence-electron chi connectivity index (χ2n) is 9.45. The van der Waals surface area contributed by atoms with Crippen LogP contribution in [-0.2, 0) is 9.53 Å². The van der Waals surface area contributed by atoms with Gasteiger partial charge in [-0.15, -0.1) is 0 Å². The first-order valence-corrected chi connectivity index (χ1v) is 12.8. The van der Waals surface area contributed by atoms with Gasteiger partial charge in [0.05, 0.1) is 30.2 Å². The predicted molar refractivity (Wildman–Crippen MR) is 138 cm³/mol. The molecule has 1 aliphatic heterocycles. The molecular weight excluding hydrogens is 521 g/mol. The number of methoxy groups -OCH3 is 2. The van der Waals surface area contributed by atoms with Gasteiger partial charge in [-0.1, -0.05) is 11.6 Å². The lowest BCUT2D eigenvalue weighted by molar-refractivity contribution is -0.157. The molecule has 2 aromatic carbocycles. The first-order chi connectivity index (χ1) is 18.3. The number of aromatic nitrogens is 1. The van der Waals surface area contributed by atoms with Crippen LogP contribution in [0.3, 0.4) is 0 Å². The number of fused-ring (bicyclic) bond motifs is 1. The molecule has 1 saturated heterocycles. The summed E-state index contributed by atoms with van der Waals surface area (Å²) in [4.78, 5) is 19.2. The molecule has 1 atom stereocenters. The van der Waals surface area contributed by atoms with Crippen molar-refractivity contribution >= 4 is 28.5 Å². The van der Waals surface area contributed by atoms with Gasteiger partial charge >= 0.3 is 5.97 Å². The first-order valence-electron chi connectivity index (χ1n) is 12.4. The highest BCUT2D eigenvalue weighted by molar-refractivity contribution is 6.32. The molecular formula is C28H30ClF3N2O4. The van der Waals surface area contributed by atoms with E-state index < -0.39 is 23.2 Å². The summed E-state index contributed by atoms with van der Waals surface area (Å²) < 4.78 is 58.7. The van der Waals surface area contributed by atoms with Gasteiger partial charge in [-0.3, -0.25) is 14.7 Å². The minimum atomic E-state index is -1.42. The molecule has 0 bridgehead atoms. The number of esters is 1. The van der Waals surface area contributed by atoms with Crippen molar-refractivity contribution in [2.45, 2.75) is 31.9 Å². The molecule has 2 heterocycles. The van der Waals surface area contributed by atoms with Gasteiger partial charge in [0.15, 0.2) is 11.6 Å². The van der Waals surface area contributed by atoms with E-state index in [2.05, 4.69) is 9.88 Å². The van der Waals surface area contributed by atoms with E-state index in [9.17, 15) is 13.6 Å². The van der Waals surface area contributed by atoms with E-state index >= 15 is 4.39 Å². The van der Waals surface area contributed by atoms with Gasteiger partial charge in [0.2, 0.25) is 0 Å². The molecule has 0 amide bonds. The highest BCUT2D eigenvalue weighted by atomic mass is 35.5. The van der Waals surface area contributed by atoms with Crippen LogP contribution in [0.4, 0.5) is 13.2 Å². The monoisotopic (exact) mass is 550 g/mol. The number of likely N-dealkylation sites (tertiary alicyclic amines) is 1. The minimum absolute atomic E-state index is 0.0765. The molecule has 1 fully saturated rings. The Morgan fingerprint density at radius 3 is 2.63 bits per heavy atom. The third-order valence-electron chi connectivity index (χ3n) is 7.25. The smallest absolute Gasteiger partial charge is 0.311 e. The van der Waals surface area contributed by atoms with Crippen molar-refractivity contribution in [1.82, 2.24) is 9.88 Å². The third-order valence-corrected chi connectivity index (χ3v) is 7.55. The van der Waals surface area contributed by atoms with E-state index in [0.29, 0.717) is 54.7 Å². The second kappa shape index (κ2) is 12.2. The number of hydrogen-bond acceptors (Lipinski definition) is 6. The Labute approximate surface area is 224 Å². The van der Waals surface area contributed by atoms with Crippen LogP contribution in [0.1, 0.15) is 37.4 Å². The molecule has 0 saturated carbocycles. The number of rotatable bonds is 10. The van der Waals surface area contributed by atoms with Crippen LogP contribution in [0, 0.1) is 17.0 Å². The second-order valence-corrected chi connectivity index (χ2v) is 9.85. The maximum Gasteiger partial charge on any atom is 0.311 e. The Kier molecular flexibility index (Phi) is 8.99. The van der Waals surface area contributed by atoms with E-state index in [1.807, 2.05) is 0 Å². The summed E-state index contributed by atoms with van der Waals surface area (Å²) in [6.07, 6.45) is 1.31. The maximum atomic E-state index is 15.7. The molecule has 204 valence electrons. The van der Waals surface area contributed by atoms with Crippen molar-refractivity contribution in [3.8, 4) is 11.5 Å². The van der Waals surface area contributed by atoms with Gasteiger partial charge < -0.3 is 14.2 Å². The zero-order valence-electron chi connectivity index (χ0n) is 21.3. The summed E-state index contributed by atoms with van der Waals surface area (Å²) in [7, 11) is 2.87. The van der Waals surface area contributed by atoms with Crippen LogP contribution >= 0.6 is 11.6 Å². The van der Waals surface area contributed by atoms with Crippen molar-refractivity contribution < 1.29 is 32.2 Å². The highest BCUT2D eigenvalue weighted by Crippen LogP contribution is 2.42. The first kappa shape index (κ1) is 28.0. The molecule has 4 rings (SSSR count). The van der Waals surface area contributed by atoms with Crippen LogP contribution in [0.5, 0.6) is 11.5 Å². The van der Waals surface area contributed by atoms with Crippen LogP contribution in [-0.4, -0.2) is 56.3 Å². The van der Waals surface area contributed by atoms with Crippen LogP contribution in [0.25, 0.3) is 10.9 Å². The molecule has 0 spiro atoms. The summed E-state index contributed by atoms with van der Waals surface area (Å²) in [6.45, 7) is 1.74. The fourth-order valence-electron chi connectivity index (χ4n) is 5.01. The standard InChI is InChI=1S/C28H30ClF3N2O4/c1-36-19-4-6-24-20(16-19)26(21(29)17-33-24)23(32)7-8-28(27(35)37-2)9-11-34(12-10-28)13-14-38-25-15-18(30)3-5-22(25)31/h3-6,15-17,23H,7-14H2,1-2H3/t23-/m1/s1. The number of carbonyl (C=O) groups is 1. The largest absolute Gasteiger partial charge is 0.497 e. The molecule has 1 aliphatic rings. The molecule has 1 aromatic heterocycles. The van der Waals surface area contributed by atoms with Crippen LogP contribution < -0.4 is 9.47 Å².